The Bertz CT molecular complexity index is 1030. The number of imidazole rings is 1. The van der Waals surface area contributed by atoms with Gasteiger partial charge in [0.1, 0.15) is 5.60 Å². The van der Waals surface area contributed by atoms with E-state index < -0.39 is 11.4 Å². The monoisotopic (exact) mass is 397 g/mol. The summed E-state index contributed by atoms with van der Waals surface area (Å²) in [7, 11) is 0. The van der Waals surface area contributed by atoms with Gasteiger partial charge >= 0.3 is 0 Å². The molecule has 0 unspecified atom stereocenters. The van der Waals surface area contributed by atoms with Gasteiger partial charge < -0.3 is 20.1 Å². The minimum absolute atomic E-state index is 0.278. The topological polar surface area (TPSA) is 96.1 Å². The van der Waals surface area contributed by atoms with Gasteiger partial charge in [-0.3, -0.25) is 0 Å². The van der Waals surface area contributed by atoms with E-state index in [9.17, 15) is 14.6 Å². The van der Waals surface area contributed by atoms with Crippen LogP contribution < -0.4 is 5.32 Å². The van der Waals surface area contributed by atoms with Crippen molar-refractivity contribution >= 4 is 11.6 Å². The fourth-order valence-corrected chi connectivity index (χ4v) is 3.67. The van der Waals surface area contributed by atoms with Crippen molar-refractivity contribution in [1.82, 2.24) is 19.5 Å². The molecule has 4 rings (SSSR count). The zero-order valence-electron chi connectivity index (χ0n) is 16.4. The Labute approximate surface area is 168 Å². The van der Waals surface area contributed by atoms with Gasteiger partial charge in [0.05, 0.1) is 30.0 Å². The van der Waals surface area contributed by atoms with Crippen LogP contribution in [0.15, 0.2) is 36.9 Å². The minimum Gasteiger partial charge on any atom is -0.393 e. The molecule has 3 aromatic rings. The van der Waals surface area contributed by atoms with Crippen LogP contribution >= 0.6 is 0 Å². The summed E-state index contributed by atoms with van der Waals surface area (Å²) in [6.45, 7) is 3.56. The second-order valence-electron chi connectivity index (χ2n) is 7.74. The van der Waals surface area contributed by atoms with Crippen molar-refractivity contribution in [2.45, 2.75) is 51.2 Å². The smallest absolute Gasteiger partial charge is 0.227 e. The molecule has 8 heteroatoms. The Hall–Kier alpha value is -2.84. The largest absolute Gasteiger partial charge is 0.393 e. The molecule has 0 radical (unpaired) electrons. The lowest BCUT2D eigenvalue weighted by atomic mass is 9.81. The molecule has 0 aliphatic heterocycles. The van der Waals surface area contributed by atoms with E-state index in [-0.39, 0.29) is 11.8 Å². The van der Waals surface area contributed by atoms with Crippen LogP contribution in [0, 0.1) is 19.7 Å². The zero-order chi connectivity index (χ0) is 20.6. The van der Waals surface area contributed by atoms with Crippen LogP contribution in [-0.2, 0) is 5.60 Å². The number of benzene rings is 1. The molecular weight excluding hydrogens is 373 g/mol. The number of anilines is 2. The first-order chi connectivity index (χ1) is 13.8. The molecular formula is C21H24FN5O2. The van der Waals surface area contributed by atoms with E-state index in [1.54, 1.807) is 13.3 Å². The van der Waals surface area contributed by atoms with Gasteiger partial charge in [-0.2, -0.15) is 0 Å². The normalized spacial score (nSPS) is 21.9. The summed E-state index contributed by atoms with van der Waals surface area (Å²) in [5.74, 6) is -0.124. The molecule has 0 amide bonds. The number of aliphatic hydroxyl groups excluding tert-OH is 1. The van der Waals surface area contributed by atoms with Gasteiger partial charge in [-0.05, 0) is 63.3 Å². The molecule has 1 fully saturated rings. The van der Waals surface area contributed by atoms with Crippen LogP contribution in [0.4, 0.5) is 16.0 Å². The number of aliphatic hydroxyl groups is 2. The third kappa shape index (κ3) is 4.13. The van der Waals surface area contributed by atoms with E-state index in [1.165, 1.54) is 0 Å². The van der Waals surface area contributed by atoms with Gasteiger partial charge in [0.2, 0.25) is 5.95 Å². The third-order valence-corrected chi connectivity index (χ3v) is 5.38. The fourth-order valence-electron chi connectivity index (χ4n) is 3.67. The van der Waals surface area contributed by atoms with E-state index in [4.69, 9.17) is 0 Å². The molecule has 0 spiro atoms. The molecule has 1 aliphatic rings. The maximum Gasteiger partial charge on any atom is 0.227 e. The molecule has 2 heterocycles. The average molecular weight is 397 g/mol. The fraction of sp³-hybridized carbons (Fsp3) is 0.381. The summed E-state index contributed by atoms with van der Waals surface area (Å²) in [6.07, 6.45) is 6.42. The highest BCUT2D eigenvalue weighted by Crippen LogP contribution is 2.36. The summed E-state index contributed by atoms with van der Waals surface area (Å²) in [5.41, 5.74) is 2.52. The van der Waals surface area contributed by atoms with E-state index in [2.05, 4.69) is 20.3 Å². The Kier molecular flexibility index (Phi) is 5.06. The highest BCUT2D eigenvalue weighted by Gasteiger charge is 2.36. The molecule has 7 nitrogen and oxygen atoms in total. The van der Waals surface area contributed by atoms with Gasteiger partial charge in [0.15, 0.2) is 5.82 Å². The van der Waals surface area contributed by atoms with Crippen molar-refractivity contribution in [2.75, 3.05) is 5.32 Å². The van der Waals surface area contributed by atoms with Crippen molar-refractivity contribution in [1.29, 1.82) is 0 Å². The SMILES string of the molecule is Cc1cc(Nc2ncc(F)c(C)n2)cc(-n2cnc([C@]3(O)CC[C@H](O)CC3)c2)c1. The van der Waals surface area contributed by atoms with Gasteiger partial charge in [0.25, 0.3) is 0 Å². The summed E-state index contributed by atoms with van der Waals surface area (Å²) < 4.78 is 15.3. The standard InChI is InChI=1S/C21H24FN5O2/c1-13-7-15(26-20-23-10-18(22)14(2)25-20)9-16(8-13)27-11-19(24-12-27)21(29)5-3-17(28)4-6-21/h7-12,17,28-29H,3-6H2,1-2H3,(H,23,25,26)/t17-,21-. The third-order valence-electron chi connectivity index (χ3n) is 5.38. The summed E-state index contributed by atoms with van der Waals surface area (Å²) >= 11 is 0. The Morgan fingerprint density at radius 3 is 2.66 bits per heavy atom. The van der Waals surface area contributed by atoms with Gasteiger partial charge in [0, 0.05) is 17.6 Å². The molecule has 29 heavy (non-hydrogen) atoms. The summed E-state index contributed by atoms with van der Waals surface area (Å²) in [4.78, 5) is 12.5. The average Bonchev–Trinajstić information content (AvgIpc) is 3.18. The van der Waals surface area contributed by atoms with Gasteiger partial charge in [-0.15, -0.1) is 0 Å². The van der Waals surface area contributed by atoms with Crippen molar-refractivity contribution in [3.05, 3.63) is 59.7 Å². The lowest BCUT2D eigenvalue weighted by Crippen LogP contribution is -2.33. The number of nitrogens with zero attached hydrogens (tertiary/aromatic N) is 4. The summed E-state index contributed by atoms with van der Waals surface area (Å²) in [5, 5.41) is 23.7. The number of aryl methyl sites for hydroxylation is 2. The van der Waals surface area contributed by atoms with Crippen molar-refractivity contribution < 1.29 is 14.6 Å². The van der Waals surface area contributed by atoms with E-state index in [1.807, 2.05) is 35.9 Å². The maximum absolute atomic E-state index is 13.4. The molecule has 1 saturated carbocycles. The van der Waals surface area contributed by atoms with Crippen LogP contribution in [0.3, 0.4) is 0 Å². The lowest BCUT2D eigenvalue weighted by Gasteiger charge is -2.32. The quantitative estimate of drug-likeness (QED) is 0.625. The molecule has 3 N–H and O–H groups in total. The number of hydrogen-bond acceptors (Lipinski definition) is 6. The van der Waals surface area contributed by atoms with Crippen molar-refractivity contribution in [3.63, 3.8) is 0 Å². The predicted octanol–water partition coefficient (Wildman–Crippen LogP) is 3.28. The number of halogens is 1. The highest BCUT2D eigenvalue weighted by atomic mass is 19.1. The molecule has 0 bridgehead atoms. The van der Waals surface area contributed by atoms with Gasteiger partial charge in [-0.25, -0.2) is 19.3 Å². The number of nitrogens with one attached hydrogen (secondary N) is 1. The van der Waals surface area contributed by atoms with E-state index in [0.29, 0.717) is 37.3 Å². The first kappa shape index (κ1) is 19.5. The van der Waals surface area contributed by atoms with Crippen LogP contribution in [0.1, 0.15) is 42.6 Å². The minimum atomic E-state index is -1.01. The predicted molar refractivity (Wildman–Crippen MR) is 107 cm³/mol. The number of hydrogen-bond donors (Lipinski definition) is 3. The van der Waals surface area contributed by atoms with Crippen molar-refractivity contribution in [2.24, 2.45) is 0 Å². The van der Waals surface area contributed by atoms with E-state index >= 15 is 0 Å². The van der Waals surface area contributed by atoms with Crippen LogP contribution in [0.2, 0.25) is 0 Å². The van der Waals surface area contributed by atoms with Crippen LogP contribution in [0.5, 0.6) is 0 Å². The maximum atomic E-state index is 13.4. The molecule has 1 aliphatic carbocycles. The molecule has 2 aromatic heterocycles. The first-order valence-corrected chi connectivity index (χ1v) is 9.65. The van der Waals surface area contributed by atoms with Crippen LogP contribution in [-0.4, -0.2) is 35.8 Å². The first-order valence-electron chi connectivity index (χ1n) is 9.65. The number of rotatable bonds is 4. The second-order valence-corrected chi connectivity index (χ2v) is 7.74. The second kappa shape index (κ2) is 7.53. The number of aromatic nitrogens is 4. The Morgan fingerprint density at radius 2 is 1.93 bits per heavy atom. The molecule has 152 valence electrons. The molecule has 0 saturated heterocycles. The molecule has 0 atom stereocenters. The summed E-state index contributed by atoms with van der Waals surface area (Å²) in [6, 6.07) is 5.86. The highest BCUT2D eigenvalue weighted by molar-refractivity contribution is 5.59. The van der Waals surface area contributed by atoms with Crippen molar-refractivity contribution in [3.8, 4) is 5.69 Å². The van der Waals surface area contributed by atoms with Gasteiger partial charge in [-0.1, -0.05) is 0 Å². The van der Waals surface area contributed by atoms with Crippen LogP contribution in [0.25, 0.3) is 5.69 Å². The molecule has 1 aromatic carbocycles. The van der Waals surface area contributed by atoms with E-state index in [0.717, 1.165) is 23.1 Å². The Balaban J connectivity index is 1.59. The zero-order valence-corrected chi connectivity index (χ0v) is 16.4. The Morgan fingerprint density at radius 1 is 1.17 bits per heavy atom. The lowest BCUT2D eigenvalue weighted by molar-refractivity contribution is -0.0389.